The van der Waals surface area contributed by atoms with Crippen LogP contribution in [0, 0.1) is 17.8 Å². The van der Waals surface area contributed by atoms with Crippen LogP contribution in [0.3, 0.4) is 0 Å². The van der Waals surface area contributed by atoms with E-state index in [1.807, 2.05) is 133 Å². The van der Waals surface area contributed by atoms with Gasteiger partial charge >= 0.3 is 24.3 Å². The van der Waals surface area contributed by atoms with E-state index in [0.717, 1.165) is 216 Å². The lowest BCUT2D eigenvalue weighted by Crippen LogP contribution is -2.39. The second kappa shape index (κ2) is 39.9. The molecule has 1 aliphatic heterocycles. The number of aromatic nitrogens is 13. The van der Waals surface area contributed by atoms with Crippen molar-refractivity contribution >= 4 is 207 Å². The number of halogens is 1. The summed E-state index contributed by atoms with van der Waals surface area (Å²) in [6.45, 7) is 7.35. The van der Waals surface area contributed by atoms with Gasteiger partial charge in [0, 0.05) is 126 Å². The van der Waals surface area contributed by atoms with Gasteiger partial charge in [-0.05, 0) is 229 Å². The number of hydrogen-bond donors (Lipinski definition) is 6. The first-order chi connectivity index (χ1) is 63.9. The standard InChI is InChI=1S/C25H25N5O2S.C24H24N4O4S.C24H24N4O3S.C23H22N6O3S.ClH/c31-23(15-6-7-15)29-24-28-20-9-8-16(13-22(20)33-24)17-12-21-19(26-14-17)10-11-30(21)25(32)27-18-4-2-1-3-5-18;1-2-31-23(29)27-22-26-19-9-8-15(13-21(19)33-22)16-12-20-18(25-14-16)10-11-28(20)24(30)32-17-6-4-3-5-7-17;1-3-4-14(2)31-24(30)28-10-9-18-20(28)11-17(13-25-18)16-7-8-19-21(12-16)32-23(26-19)27-22(29)15-5-6-15;30-21(13-1-2-13)27-18-12-29-11-14(3-4-19(29)26-18)15-9-17-20(28-33-23(17)24-10-15)22(31)25-16-5-7-32-8-6-16;/h8-15,18H,1-7H2,(H,27,32)(H,28,29,31);8-14,17H,2-7H2,1H3,(H,26,27,29);7-15H,3-6H2,1-2H3,(H,26,27,29);3-4,9-13,16H,1-2,5-8H2,(H,25,31)(H,27,30);1H. The molecule has 36 heteroatoms. The van der Waals surface area contributed by atoms with Crippen molar-refractivity contribution in [3.8, 4) is 44.5 Å². The van der Waals surface area contributed by atoms with Crippen LogP contribution in [0.4, 0.5) is 40.4 Å². The SMILES string of the molecule is CCCC(C)OC(=O)n1ccc2ncc(-c3ccc4nc(NC(=O)C5CC5)sc4c3)cc21.CCOC(=O)Nc1nc2ccc(-c3cnc4ccn(C(=O)OC5CCCCC5)c4c3)cc2s1.Cl.O=C(NC1CCOCC1)c1nsc2ncc(-c3ccc4nc(NC(=O)C5CC5)cn4c3)cc12.O=C(Nc1nc2ccc(-c3cnc4ccn(C(=O)NC5CCCCC5)c4c3)cc2s1)C1CC1. The van der Waals surface area contributed by atoms with Gasteiger partial charge in [-0.2, -0.15) is 4.37 Å². The summed E-state index contributed by atoms with van der Waals surface area (Å²) in [5.74, 6) is 0.946. The molecular weight excluding hydrogens is 1770 g/mol. The molecule has 0 radical (unpaired) electrons. The molecule has 14 heterocycles. The first-order valence-electron chi connectivity index (χ1n) is 44.8. The molecule has 16 aromatic rings. The quantitative estimate of drug-likeness (QED) is 0.0409. The van der Waals surface area contributed by atoms with Gasteiger partial charge in [-0.3, -0.25) is 53.1 Å². The number of nitrogens with one attached hydrogen (secondary N) is 6. The second-order valence-electron chi connectivity index (χ2n) is 33.9. The number of pyridine rings is 5. The molecule has 1 unspecified atom stereocenters. The van der Waals surface area contributed by atoms with E-state index < -0.39 is 12.2 Å². The molecule has 678 valence electrons. The molecule has 6 N–H and O–H groups in total. The Kier molecular flexibility index (Phi) is 27.1. The lowest BCUT2D eigenvalue weighted by molar-refractivity contribution is -0.118. The van der Waals surface area contributed by atoms with Crippen molar-refractivity contribution in [3.63, 3.8) is 0 Å². The van der Waals surface area contributed by atoms with Crippen LogP contribution in [0.2, 0.25) is 0 Å². The number of carbonyl (C=O) groups excluding carboxylic acids is 8. The number of imidazole rings is 1. The number of fused-ring (bicyclic) bond motifs is 8. The molecule has 22 rings (SSSR count). The van der Waals surface area contributed by atoms with Crippen LogP contribution in [-0.2, 0) is 33.3 Å². The number of amides is 6. The number of ether oxygens (including phenoxy) is 4. The van der Waals surface area contributed by atoms with Gasteiger partial charge in [0.25, 0.3) is 5.91 Å². The number of benzene rings is 3. The highest BCUT2D eigenvalue weighted by atomic mass is 35.5. The van der Waals surface area contributed by atoms with Crippen molar-refractivity contribution in [2.45, 2.75) is 173 Å². The fourth-order valence-corrected chi connectivity index (χ4v) is 19.9. The third kappa shape index (κ3) is 20.9. The van der Waals surface area contributed by atoms with Crippen molar-refractivity contribution < 1.29 is 57.3 Å². The van der Waals surface area contributed by atoms with Gasteiger partial charge in [-0.15, -0.1) is 12.4 Å². The Bertz CT molecular complexity index is 6830. The average molecular weight is 1870 g/mol. The molecule has 5 aliphatic carbocycles. The van der Waals surface area contributed by atoms with Gasteiger partial charge in [-0.1, -0.05) is 91.2 Å². The number of rotatable bonds is 19. The maximum atomic E-state index is 12.9. The fraction of sp³-hybridized carbons (Fsp3) is 0.344. The molecule has 1 atom stereocenters. The summed E-state index contributed by atoms with van der Waals surface area (Å²) in [5.41, 5.74) is 15.5. The third-order valence-corrected chi connectivity index (χ3v) is 27.6. The maximum Gasteiger partial charge on any atom is 0.418 e. The Hall–Kier alpha value is -13.1. The zero-order valence-corrected chi connectivity index (χ0v) is 76.7. The van der Waals surface area contributed by atoms with E-state index >= 15 is 0 Å². The largest absolute Gasteiger partial charge is 0.450 e. The van der Waals surface area contributed by atoms with E-state index in [4.69, 9.17) is 18.9 Å². The molecule has 5 saturated carbocycles. The molecule has 6 aliphatic rings. The zero-order valence-electron chi connectivity index (χ0n) is 72.6. The minimum atomic E-state index is -0.521. The highest BCUT2D eigenvalue weighted by molar-refractivity contribution is 7.23. The van der Waals surface area contributed by atoms with Crippen LogP contribution < -0.4 is 31.9 Å². The van der Waals surface area contributed by atoms with Crippen molar-refractivity contribution in [2.75, 3.05) is 41.1 Å². The van der Waals surface area contributed by atoms with Crippen LogP contribution in [0.15, 0.2) is 165 Å². The Labute approximate surface area is 779 Å². The van der Waals surface area contributed by atoms with E-state index in [-0.39, 0.29) is 90.2 Å². The van der Waals surface area contributed by atoms with Crippen molar-refractivity contribution in [1.82, 2.24) is 73.0 Å². The number of thiazole rings is 3. The van der Waals surface area contributed by atoms with Gasteiger partial charge < -0.3 is 49.9 Å². The van der Waals surface area contributed by atoms with Crippen molar-refractivity contribution in [1.29, 1.82) is 0 Å². The summed E-state index contributed by atoms with van der Waals surface area (Å²) in [4.78, 5) is 136. The van der Waals surface area contributed by atoms with Crippen LogP contribution in [-0.4, -0.2) is 154 Å². The molecule has 0 bridgehead atoms. The van der Waals surface area contributed by atoms with E-state index in [9.17, 15) is 38.4 Å². The minimum Gasteiger partial charge on any atom is -0.450 e. The Balaban J connectivity index is 0.000000118. The van der Waals surface area contributed by atoms with Gasteiger partial charge in [0.15, 0.2) is 26.9 Å². The predicted octanol–water partition coefficient (Wildman–Crippen LogP) is 21.3. The summed E-state index contributed by atoms with van der Waals surface area (Å²) < 4.78 is 35.5. The van der Waals surface area contributed by atoms with E-state index in [0.29, 0.717) is 57.8 Å². The number of carbonyl (C=O) groups is 8. The molecule has 1 saturated heterocycles. The number of nitrogens with zero attached hydrogens (tertiary/aromatic N) is 13. The molecule has 132 heavy (non-hydrogen) atoms. The lowest BCUT2D eigenvalue weighted by Gasteiger charge is -2.22. The highest BCUT2D eigenvalue weighted by Crippen LogP contribution is 2.40. The summed E-state index contributed by atoms with van der Waals surface area (Å²) >= 11 is 5.54. The molecule has 31 nitrogen and oxygen atoms in total. The van der Waals surface area contributed by atoms with Gasteiger partial charge in [0.2, 0.25) is 17.7 Å². The topological polar surface area (TPSA) is 381 Å². The Morgan fingerprint density at radius 1 is 0.470 bits per heavy atom. The minimum absolute atomic E-state index is 0. The van der Waals surface area contributed by atoms with Crippen LogP contribution in [0.25, 0.3) is 124 Å². The van der Waals surface area contributed by atoms with E-state index in [1.165, 1.54) is 80.4 Å². The second-order valence-corrected chi connectivity index (χ2v) is 37.7. The average Bonchev–Trinajstić information content (AvgIpc) is 1.63. The maximum absolute atomic E-state index is 12.9. The van der Waals surface area contributed by atoms with Crippen molar-refractivity contribution in [3.05, 3.63) is 171 Å². The van der Waals surface area contributed by atoms with E-state index in [2.05, 4.69) is 89.1 Å². The first-order valence-corrected chi connectivity index (χ1v) is 48.0. The Morgan fingerprint density at radius 3 is 1.48 bits per heavy atom. The normalized spacial score (nSPS) is 15.6. The number of hydrogen-bond acceptors (Lipinski definition) is 25. The van der Waals surface area contributed by atoms with Crippen molar-refractivity contribution in [2.24, 2.45) is 17.8 Å². The Morgan fingerprint density at radius 2 is 0.947 bits per heavy atom. The lowest BCUT2D eigenvalue weighted by atomic mass is 9.96. The fourth-order valence-electron chi connectivity index (χ4n) is 16.4. The molecule has 3 aromatic carbocycles. The molecule has 6 fully saturated rings. The van der Waals surface area contributed by atoms with Gasteiger partial charge in [-0.25, -0.2) is 44.1 Å². The van der Waals surface area contributed by atoms with Crippen LogP contribution in [0.1, 0.15) is 160 Å². The first kappa shape index (κ1) is 89.5. The zero-order chi connectivity index (χ0) is 89.8. The molecule has 0 spiro atoms. The molecule has 6 amide bonds. The summed E-state index contributed by atoms with van der Waals surface area (Å²) in [6.07, 6.45) is 34.9. The molecule has 13 aromatic heterocycles. The summed E-state index contributed by atoms with van der Waals surface area (Å²) in [6, 6.07) is 35.4. The molecular formula is C96H96ClN19O12S4. The van der Waals surface area contributed by atoms with E-state index in [1.54, 1.807) is 48.7 Å². The third-order valence-electron chi connectivity index (χ3n) is 24.1. The van der Waals surface area contributed by atoms with Gasteiger partial charge in [0.05, 0.1) is 76.6 Å². The monoisotopic (exact) mass is 1870 g/mol. The van der Waals surface area contributed by atoms with Crippen LogP contribution in [0.5, 0.6) is 0 Å². The highest BCUT2D eigenvalue weighted by Gasteiger charge is 2.34. The van der Waals surface area contributed by atoms with Crippen LogP contribution >= 0.6 is 57.9 Å². The summed E-state index contributed by atoms with van der Waals surface area (Å²) in [5, 5.41) is 20.1. The predicted molar refractivity (Wildman–Crippen MR) is 516 cm³/mol. The smallest absolute Gasteiger partial charge is 0.418 e. The number of anilines is 4. The summed E-state index contributed by atoms with van der Waals surface area (Å²) in [7, 11) is 0. The van der Waals surface area contributed by atoms with Gasteiger partial charge in [0.1, 0.15) is 22.7 Å².